The molecule has 0 unspecified atom stereocenters. The van der Waals surface area contributed by atoms with E-state index < -0.39 is 0 Å². The van der Waals surface area contributed by atoms with Crippen molar-refractivity contribution in [1.82, 2.24) is 5.32 Å². The molecule has 0 saturated heterocycles. The zero-order chi connectivity index (χ0) is 8.97. The van der Waals surface area contributed by atoms with Crippen LogP contribution in [0, 0.1) is 5.92 Å². The van der Waals surface area contributed by atoms with Crippen molar-refractivity contribution in [3.05, 3.63) is 0 Å². The molecule has 2 nitrogen and oxygen atoms in total. The molecule has 12 heavy (non-hydrogen) atoms. The molecule has 0 aliphatic heterocycles. The Morgan fingerprint density at radius 3 is 2.58 bits per heavy atom. The summed E-state index contributed by atoms with van der Waals surface area (Å²) >= 11 is 0. The van der Waals surface area contributed by atoms with Gasteiger partial charge in [0.15, 0.2) is 0 Å². The first-order valence-electron chi connectivity index (χ1n) is 5.11. The zero-order valence-electron chi connectivity index (χ0n) is 8.21. The van der Waals surface area contributed by atoms with Gasteiger partial charge in [0.25, 0.3) is 0 Å². The molecular formula is C10H21NO. The molecule has 2 heteroatoms. The van der Waals surface area contributed by atoms with Gasteiger partial charge in [0.1, 0.15) is 0 Å². The third kappa shape index (κ3) is 3.11. The van der Waals surface area contributed by atoms with E-state index >= 15 is 0 Å². The summed E-state index contributed by atoms with van der Waals surface area (Å²) in [6.07, 6.45) is 4.50. The van der Waals surface area contributed by atoms with Crippen molar-refractivity contribution in [3.8, 4) is 0 Å². The van der Waals surface area contributed by atoms with Gasteiger partial charge < -0.3 is 10.4 Å². The molecule has 0 heterocycles. The van der Waals surface area contributed by atoms with Crippen molar-refractivity contribution in [1.29, 1.82) is 0 Å². The van der Waals surface area contributed by atoms with E-state index in [1.807, 2.05) is 0 Å². The van der Waals surface area contributed by atoms with Crippen LogP contribution in [-0.2, 0) is 0 Å². The second-order valence-corrected chi connectivity index (χ2v) is 4.26. The maximum atomic E-state index is 9.62. The topological polar surface area (TPSA) is 32.3 Å². The van der Waals surface area contributed by atoms with Crippen LogP contribution in [0.5, 0.6) is 0 Å². The smallest absolute Gasteiger partial charge is 0.0693 e. The van der Waals surface area contributed by atoms with Gasteiger partial charge in [-0.2, -0.15) is 0 Å². The van der Waals surface area contributed by atoms with Crippen LogP contribution in [-0.4, -0.2) is 23.8 Å². The van der Waals surface area contributed by atoms with Gasteiger partial charge in [0.05, 0.1) is 6.10 Å². The summed E-state index contributed by atoms with van der Waals surface area (Å²) in [6, 6.07) is 0.362. The van der Waals surface area contributed by atoms with E-state index in [1.165, 1.54) is 12.8 Å². The van der Waals surface area contributed by atoms with Gasteiger partial charge in [0, 0.05) is 6.04 Å². The summed E-state index contributed by atoms with van der Waals surface area (Å²) in [5.41, 5.74) is 0. The maximum Gasteiger partial charge on any atom is 0.0693 e. The highest BCUT2D eigenvalue weighted by Gasteiger charge is 2.21. The Kier molecular flexibility index (Phi) is 4.02. The summed E-state index contributed by atoms with van der Waals surface area (Å²) in [6.45, 7) is 5.42. The standard InChI is InChI=1S/C10H21NO/c1-8(2)7-11-9-5-3-4-6-10(9)12/h8-12H,3-7H2,1-2H3/t9-,10-/m1/s1. The minimum Gasteiger partial charge on any atom is -0.392 e. The first-order chi connectivity index (χ1) is 5.70. The number of rotatable bonds is 3. The van der Waals surface area contributed by atoms with E-state index in [0.29, 0.717) is 12.0 Å². The van der Waals surface area contributed by atoms with Gasteiger partial charge in [0.2, 0.25) is 0 Å². The minimum absolute atomic E-state index is 0.0995. The predicted molar refractivity (Wildman–Crippen MR) is 51.1 cm³/mol. The lowest BCUT2D eigenvalue weighted by molar-refractivity contribution is 0.0896. The Hall–Kier alpha value is -0.0800. The number of hydrogen-bond acceptors (Lipinski definition) is 2. The highest BCUT2D eigenvalue weighted by molar-refractivity contribution is 4.80. The van der Waals surface area contributed by atoms with E-state index in [-0.39, 0.29) is 6.10 Å². The number of nitrogens with one attached hydrogen (secondary N) is 1. The summed E-state index contributed by atoms with van der Waals surface area (Å²) in [5, 5.41) is 13.0. The summed E-state index contributed by atoms with van der Waals surface area (Å²) in [7, 11) is 0. The number of hydrogen-bond donors (Lipinski definition) is 2. The van der Waals surface area contributed by atoms with E-state index in [9.17, 15) is 5.11 Å². The van der Waals surface area contributed by atoms with Crippen LogP contribution in [0.4, 0.5) is 0 Å². The van der Waals surface area contributed by atoms with Crippen LogP contribution in [0.25, 0.3) is 0 Å². The molecule has 0 amide bonds. The summed E-state index contributed by atoms with van der Waals surface area (Å²) < 4.78 is 0. The van der Waals surface area contributed by atoms with Gasteiger partial charge in [-0.15, -0.1) is 0 Å². The van der Waals surface area contributed by atoms with Crippen LogP contribution in [0.2, 0.25) is 0 Å². The highest BCUT2D eigenvalue weighted by atomic mass is 16.3. The Morgan fingerprint density at radius 2 is 2.00 bits per heavy atom. The predicted octanol–water partition coefficient (Wildman–Crippen LogP) is 1.54. The molecule has 0 radical (unpaired) electrons. The van der Waals surface area contributed by atoms with Crippen molar-refractivity contribution in [3.63, 3.8) is 0 Å². The SMILES string of the molecule is CC(C)CN[C@@H]1CCCC[C@H]1O. The van der Waals surface area contributed by atoms with Crippen molar-refractivity contribution < 1.29 is 5.11 Å². The van der Waals surface area contributed by atoms with Gasteiger partial charge in [-0.1, -0.05) is 26.7 Å². The van der Waals surface area contributed by atoms with Crippen LogP contribution in [0.1, 0.15) is 39.5 Å². The van der Waals surface area contributed by atoms with Crippen molar-refractivity contribution >= 4 is 0 Å². The maximum absolute atomic E-state index is 9.62. The van der Waals surface area contributed by atoms with Crippen LogP contribution < -0.4 is 5.32 Å². The zero-order valence-corrected chi connectivity index (χ0v) is 8.21. The average Bonchev–Trinajstić information content (AvgIpc) is 2.03. The van der Waals surface area contributed by atoms with E-state index in [1.54, 1.807) is 0 Å². The molecule has 1 saturated carbocycles. The van der Waals surface area contributed by atoms with E-state index in [4.69, 9.17) is 0 Å². The fourth-order valence-electron chi connectivity index (χ4n) is 1.74. The van der Waals surface area contributed by atoms with Gasteiger partial charge in [-0.05, 0) is 25.3 Å². The molecule has 0 bridgehead atoms. The number of aliphatic hydroxyl groups excluding tert-OH is 1. The minimum atomic E-state index is -0.0995. The monoisotopic (exact) mass is 171 g/mol. The largest absolute Gasteiger partial charge is 0.392 e. The van der Waals surface area contributed by atoms with Crippen LogP contribution in [0.15, 0.2) is 0 Å². The first kappa shape index (κ1) is 10.0. The van der Waals surface area contributed by atoms with Gasteiger partial charge in [-0.25, -0.2) is 0 Å². The van der Waals surface area contributed by atoms with E-state index in [0.717, 1.165) is 19.4 Å². The lowest BCUT2D eigenvalue weighted by Gasteiger charge is -2.29. The molecule has 72 valence electrons. The molecule has 0 aromatic carbocycles. The fourth-order valence-corrected chi connectivity index (χ4v) is 1.74. The molecular weight excluding hydrogens is 150 g/mol. The normalized spacial score (nSPS) is 31.0. The molecule has 1 aliphatic rings. The Labute approximate surface area is 75.4 Å². The second-order valence-electron chi connectivity index (χ2n) is 4.26. The number of aliphatic hydroxyl groups is 1. The van der Waals surface area contributed by atoms with Crippen molar-refractivity contribution in [2.45, 2.75) is 51.7 Å². The van der Waals surface area contributed by atoms with Crippen molar-refractivity contribution in [2.24, 2.45) is 5.92 Å². The third-order valence-corrected chi connectivity index (χ3v) is 2.52. The molecule has 0 aromatic heterocycles. The Bertz CT molecular complexity index is 125. The molecule has 2 atom stereocenters. The van der Waals surface area contributed by atoms with Crippen LogP contribution in [0.3, 0.4) is 0 Å². The van der Waals surface area contributed by atoms with Crippen LogP contribution >= 0.6 is 0 Å². The fraction of sp³-hybridized carbons (Fsp3) is 1.00. The van der Waals surface area contributed by atoms with E-state index in [2.05, 4.69) is 19.2 Å². The quantitative estimate of drug-likeness (QED) is 0.675. The molecule has 1 rings (SSSR count). The summed E-state index contributed by atoms with van der Waals surface area (Å²) in [5.74, 6) is 0.680. The highest BCUT2D eigenvalue weighted by Crippen LogP contribution is 2.18. The lowest BCUT2D eigenvalue weighted by atomic mass is 9.92. The molecule has 1 aliphatic carbocycles. The second kappa shape index (κ2) is 4.83. The Morgan fingerprint density at radius 1 is 1.33 bits per heavy atom. The first-order valence-corrected chi connectivity index (χ1v) is 5.11. The molecule has 1 fully saturated rings. The van der Waals surface area contributed by atoms with Crippen molar-refractivity contribution in [2.75, 3.05) is 6.54 Å². The molecule has 2 N–H and O–H groups in total. The third-order valence-electron chi connectivity index (χ3n) is 2.52. The average molecular weight is 171 g/mol. The van der Waals surface area contributed by atoms with Gasteiger partial charge in [-0.3, -0.25) is 0 Å². The summed E-state index contributed by atoms with van der Waals surface area (Å²) in [4.78, 5) is 0. The molecule has 0 spiro atoms. The Balaban J connectivity index is 2.20. The van der Waals surface area contributed by atoms with Gasteiger partial charge >= 0.3 is 0 Å². The molecule has 0 aromatic rings. The lowest BCUT2D eigenvalue weighted by Crippen LogP contribution is -2.43.